The maximum Gasteiger partial charge on any atom is 0.573 e. The molecule has 1 aromatic carbocycles. The molecule has 0 spiro atoms. The van der Waals surface area contributed by atoms with Gasteiger partial charge in [0.15, 0.2) is 0 Å². The number of ether oxygens (including phenoxy) is 1. The number of rotatable bonds is 5. The van der Waals surface area contributed by atoms with E-state index in [2.05, 4.69) is 28.8 Å². The van der Waals surface area contributed by atoms with Gasteiger partial charge in [-0.2, -0.15) is 0 Å². The van der Waals surface area contributed by atoms with Gasteiger partial charge < -0.3 is 15.2 Å². The van der Waals surface area contributed by atoms with E-state index in [1.54, 1.807) is 6.07 Å². The van der Waals surface area contributed by atoms with Gasteiger partial charge in [0.25, 0.3) is 0 Å². The van der Waals surface area contributed by atoms with Gasteiger partial charge >= 0.3 is 6.36 Å². The highest BCUT2D eigenvalue weighted by Gasteiger charge is 2.40. The van der Waals surface area contributed by atoms with Gasteiger partial charge in [0, 0.05) is 37.6 Å². The van der Waals surface area contributed by atoms with Crippen LogP contribution >= 0.6 is 0 Å². The van der Waals surface area contributed by atoms with Crippen molar-refractivity contribution in [3.05, 3.63) is 29.8 Å². The van der Waals surface area contributed by atoms with Crippen molar-refractivity contribution in [2.45, 2.75) is 75.9 Å². The summed E-state index contributed by atoms with van der Waals surface area (Å²) >= 11 is 0. The van der Waals surface area contributed by atoms with E-state index in [1.807, 2.05) is 6.07 Å². The van der Waals surface area contributed by atoms with Crippen LogP contribution in [-0.4, -0.2) is 53.7 Å². The summed E-state index contributed by atoms with van der Waals surface area (Å²) in [4.78, 5) is 2.32. The van der Waals surface area contributed by atoms with Gasteiger partial charge in [-0.3, -0.25) is 4.90 Å². The lowest BCUT2D eigenvalue weighted by atomic mass is 9.72. The standard InChI is InChI=1S/C21H31F3N2O2/c1-15-12-26(13-16(2)25-15)14-19(20(27)9-4-3-5-10-20)17-7-6-8-18(11-17)28-21(22,23)24/h6-8,11,15-16,19,25,27H,3-5,9-10,12-14H2,1-2H3/t15?,16?,19-/m1/s1. The van der Waals surface area contributed by atoms with Crippen LogP contribution in [0.25, 0.3) is 0 Å². The molecule has 2 N–H and O–H groups in total. The molecule has 1 saturated heterocycles. The van der Waals surface area contributed by atoms with Crippen molar-refractivity contribution in [3.63, 3.8) is 0 Å². The van der Waals surface area contributed by atoms with Crippen LogP contribution in [0, 0.1) is 0 Å². The quantitative estimate of drug-likeness (QED) is 0.783. The van der Waals surface area contributed by atoms with E-state index in [9.17, 15) is 18.3 Å². The fourth-order valence-electron chi connectivity index (χ4n) is 4.87. The summed E-state index contributed by atoms with van der Waals surface area (Å²) in [5.41, 5.74) is -0.183. The van der Waals surface area contributed by atoms with Crippen LogP contribution in [0.3, 0.4) is 0 Å². The topological polar surface area (TPSA) is 44.7 Å². The molecule has 1 saturated carbocycles. The molecule has 2 aliphatic rings. The molecule has 3 atom stereocenters. The summed E-state index contributed by atoms with van der Waals surface area (Å²) in [6.45, 7) is 6.60. The van der Waals surface area contributed by atoms with Crippen molar-refractivity contribution in [1.82, 2.24) is 10.2 Å². The Labute approximate surface area is 165 Å². The second-order valence-corrected chi connectivity index (χ2v) is 8.52. The van der Waals surface area contributed by atoms with Crippen LogP contribution in [0.1, 0.15) is 57.4 Å². The van der Waals surface area contributed by atoms with Crippen LogP contribution < -0.4 is 10.1 Å². The Bertz CT molecular complexity index is 637. The van der Waals surface area contributed by atoms with Gasteiger partial charge in [-0.15, -0.1) is 13.2 Å². The maximum absolute atomic E-state index is 12.7. The molecular formula is C21H31F3N2O2. The van der Waals surface area contributed by atoms with Gasteiger partial charge in [0.1, 0.15) is 5.75 Å². The third-order valence-corrected chi connectivity index (χ3v) is 5.94. The van der Waals surface area contributed by atoms with Crippen molar-refractivity contribution in [1.29, 1.82) is 0 Å². The van der Waals surface area contributed by atoms with E-state index >= 15 is 0 Å². The normalized spacial score (nSPS) is 27.4. The van der Waals surface area contributed by atoms with Crippen LogP contribution in [0.4, 0.5) is 13.2 Å². The molecule has 1 heterocycles. The van der Waals surface area contributed by atoms with Crippen LogP contribution in [-0.2, 0) is 0 Å². The summed E-state index contributed by atoms with van der Waals surface area (Å²) in [5.74, 6) is -0.474. The van der Waals surface area contributed by atoms with Crippen LogP contribution in [0.2, 0.25) is 0 Å². The molecule has 0 bridgehead atoms. The molecule has 1 aromatic rings. The Balaban J connectivity index is 1.87. The minimum atomic E-state index is -4.72. The summed E-state index contributed by atoms with van der Waals surface area (Å²) in [5, 5.41) is 15.0. The zero-order valence-electron chi connectivity index (χ0n) is 16.6. The molecule has 0 radical (unpaired) electrons. The number of piperazine rings is 1. The van der Waals surface area contributed by atoms with E-state index < -0.39 is 12.0 Å². The molecule has 2 fully saturated rings. The summed E-state index contributed by atoms with van der Waals surface area (Å²) in [6.07, 6.45) is -0.383. The molecule has 4 nitrogen and oxygen atoms in total. The summed E-state index contributed by atoms with van der Waals surface area (Å²) < 4.78 is 42.2. The van der Waals surface area contributed by atoms with E-state index in [1.165, 1.54) is 12.1 Å². The van der Waals surface area contributed by atoms with E-state index in [0.717, 1.165) is 32.4 Å². The van der Waals surface area contributed by atoms with Crippen LogP contribution in [0.5, 0.6) is 5.75 Å². The van der Waals surface area contributed by atoms with Crippen molar-refractivity contribution < 1.29 is 23.0 Å². The first-order valence-electron chi connectivity index (χ1n) is 10.2. The molecule has 2 unspecified atom stereocenters. The average Bonchev–Trinajstić information content (AvgIpc) is 2.58. The molecule has 0 aromatic heterocycles. The van der Waals surface area contributed by atoms with Gasteiger partial charge in [0.05, 0.1) is 5.60 Å². The second kappa shape index (κ2) is 8.59. The van der Waals surface area contributed by atoms with Gasteiger partial charge in [-0.1, -0.05) is 31.4 Å². The minimum Gasteiger partial charge on any atom is -0.406 e. The number of nitrogens with zero attached hydrogens (tertiary/aromatic N) is 1. The lowest BCUT2D eigenvalue weighted by molar-refractivity contribution is -0.274. The van der Waals surface area contributed by atoms with E-state index in [-0.39, 0.29) is 11.7 Å². The Kier molecular flexibility index (Phi) is 6.57. The Morgan fingerprint density at radius 3 is 2.43 bits per heavy atom. The summed E-state index contributed by atoms with van der Waals surface area (Å²) in [6, 6.07) is 6.83. The fourth-order valence-corrected chi connectivity index (χ4v) is 4.87. The Hall–Kier alpha value is -1.31. The molecule has 1 aliphatic carbocycles. The lowest BCUT2D eigenvalue weighted by Gasteiger charge is -2.44. The predicted octanol–water partition coefficient (Wildman–Crippen LogP) is 4.05. The molecule has 7 heteroatoms. The Morgan fingerprint density at radius 1 is 1.18 bits per heavy atom. The molecule has 158 valence electrons. The number of aliphatic hydroxyl groups is 1. The zero-order valence-corrected chi connectivity index (χ0v) is 16.6. The first kappa shape index (κ1) is 21.4. The molecule has 28 heavy (non-hydrogen) atoms. The van der Waals surface area contributed by atoms with E-state index in [4.69, 9.17) is 0 Å². The van der Waals surface area contributed by atoms with Gasteiger partial charge in [-0.25, -0.2) is 0 Å². The number of alkyl halides is 3. The number of hydrogen-bond donors (Lipinski definition) is 2. The van der Waals surface area contributed by atoms with Crippen molar-refractivity contribution in [3.8, 4) is 5.75 Å². The smallest absolute Gasteiger partial charge is 0.406 e. The van der Waals surface area contributed by atoms with Crippen LogP contribution in [0.15, 0.2) is 24.3 Å². The highest BCUT2D eigenvalue weighted by molar-refractivity contribution is 5.33. The number of nitrogens with one attached hydrogen (secondary N) is 1. The minimum absolute atomic E-state index is 0.226. The van der Waals surface area contributed by atoms with Crippen molar-refractivity contribution >= 4 is 0 Å². The molecule has 1 aliphatic heterocycles. The summed E-state index contributed by atoms with van der Waals surface area (Å²) in [7, 11) is 0. The SMILES string of the molecule is CC1CN(C[C@H](c2cccc(OC(F)(F)F)c2)C2(O)CCCCC2)CC(C)N1. The van der Waals surface area contributed by atoms with Crippen molar-refractivity contribution in [2.75, 3.05) is 19.6 Å². The fraction of sp³-hybridized carbons (Fsp3) is 0.714. The van der Waals surface area contributed by atoms with Gasteiger partial charge in [-0.05, 0) is 44.4 Å². The maximum atomic E-state index is 12.7. The number of benzene rings is 1. The molecule has 3 rings (SSSR count). The average molecular weight is 400 g/mol. The third-order valence-electron chi connectivity index (χ3n) is 5.94. The Morgan fingerprint density at radius 2 is 1.82 bits per heavy atom. The zero-order chi connectivity index (χ0) is 20.4. The van der Waals surface area contributed by atoms with E-state index in [0.29, 0.717) is 37.0 Å². The molecule has 0 amide bonds. The van der Waals surface area contributed by atoms with Crippen molar-refractivity contribution in [2.24, 2.45) is 0 Å². The lowest BCUT2D eigenvalue weighted by Crippen LogP contribution is -2.56. The van der Waals surface area contributed by atoms with Gasteiger partial charge in [0.2, 0.25) is 0 Å². The predicted molar refractivity (Wildman–Crippen MR) is 102 cm³/mol. The number of hydrogen-bond acceptors (Lipinski definition) is 4. The number of halogens is 3. The second-order valence-electron chi connectivity index (χ2n) is 8.52. The first-order chi connectivity index (χ1) is 13.1. The largest absolute Gasteiger partial charge is 0.573 e. The molecular weight excluding hydrogens is 369 g/mol. The monoisotopic (exact) mass is 400 g/mol. The first-order valence-corrected chi connectivity index (χ1v) is 10.2. The third kappa shape index (κ3) is 5.61. The highest BCUT2D eigenvalue weighted by atomic mass is 19.4. The highest BCUT2D eigenvalue weighted by Crippen LogP contribution is 2.41.